The van der Waals surface area contributed by atoms with Crippen molar-refractivity contribution in [2.75, 3.05) is 0 Å². The molecule has 3 aromatic heterocycles. The fourth-order valence-electron chi connectivity index (χ4n) is 4.51. The van der Waals surface area contributed by atoms with Gasteiger partial charge in [-0.1, -0.05) is 43.5 Å². The van der Waals surface area contributed by atoms with Crippen molar-refractivity contribution in [2.24, 2.45) is 7.05 Å². The van der Waals surface area contributed by atoms with Crippen LogP contribution >= 0.6 is 0 Å². The summed E-state index contributed by atoms with van der Waals surface area (Å²) in [5.41, 5.74) is 4.33. The molecule has 6 nitrogen and oxygen atoms in total. The summed E-state index contributed by atoms with van der Waals surface area (Å²) in [6.45, 7) is 0. The van der Waals surface area contributed by atoms with Gasteiger partial charge in [-0.15, -0.1) is 0 Å². The van der Waals surface area contributed by atoms with Crippen LogP contribution in [0.15, 0.2) is 61.1 Å². The van der Waals surface area contributed by atoms with E-state index in [0.717, 1.165) is 46.4 Å². The molecule has 0 atom stereocenters. The molecule has 0 bridgehead atoms. The van der Waals surface area contributed by atoms with Gasteiger partial charge in [0.1, 0.15) is 11.4 Å². The number of rotatable bonds is 5. The number of para-hydroxylation sites is 1. The molecule has 1 aromatic carbocycles. The average molecular weight is 426 g/mol. The largest absolute Gasteiger partial charge is 0.348 e. The molecule has 0 radical (unpaired) electrons. The first-order valence-corrected chi connectivity index (χ1v) is 11.3. The smallest absolute Gasteiger partial charge is 0.270 e. The fourth-order valence-corrected chi connectivity index (χ4v) is 4.51. The number of carbonyl (C=O) groups excluding carboxylic acids is 1. The molecule has 1 aliphatic rings. The Morgan fingerprint density at radius 3 is 2.69 bits per heavy atom. The number of nitrogens with zero attached hydrogens (tertiary/aromatic N) is 4. The summed E-state index contributed by atoms with van der Waals surface area (Å²) in [6.07, 6.45) is 12.0. The van der Waals surface area contributed by atoms with Gasteiger partial charge in [0.2, 0.25) is 0 Å². The van der Waals surface area contributed by atoms with Crippen molar-refractivity contribution in [3.05, 3.63) is 77.9 Å². The maximum atomic E-state index is 13.0. The van der Waals surface area contributed by atoms with Crippen molar-refractivity contribution in [3.63, 3.8) is 0 Å². The van der Waals surface area contributed by atoms with Crippen LogP contribution in [0.1, 0.15) is 53.7 Å². The van der Waals surface area contributed by atoms with Crippen LogP contribution in [0.2, 0.25) is 0 Å². The molecule has 162 valence electrons. The van der Waals surface area contributed by atoms with E-state index in [2.05, 4.69) is 32.4 Å². The molecule has 6 heteroatoms. The normalized spacial score (nSPS) is 14.5. The van der Waals surface area contributed by atoms with E-state index < -0.39 is 0 Å². The summed E-state index contributed by atoms with van der Waals surface area (Å²) in [7, 11) is 1.96. The molecule has 1 saturated carbocycles. The Bertz CT molecular complexity index is 1240. The highest BCUT2D eigenvalue weighted by Gasteiger charge is 2.19. The summed E-state index contributed by atoms with van der Waals surface area (Å²) >= 11 is 0. The first-order chi connectivity index (χ1) is 15.7. The quantitative estimate of drug-likeness (QED) is 0.504. The van der Waals surface area contributed by atoms with Crippen LogP contribution in [0.25, 0.3) is 22.4 Å². The van der Waals surface area contributed by atoms with Crippen molar-refractivity contribution in [1.82, 2.24) is 24.8 Å². The van der Waals surface area contributed by atoms with Gasteiger partial charge in [0, 0.05) is 37.1 Å². The summed E-state index contributed by atoms with van der Waals surface area (Å²) in [5.74, 6) is 0.764. The second-order valence-corrected chi connectivity index (χ2v) is 8.58. The van der Waals surface area contributed by atoms with Gasteiger partial charge >= 0.3 is 0 Å². The zero-order valence-corrected chi connectivity index (χ0v) is 18.3. The zero-order chi connectivity index (χ0) is 21.9. The van der Waals surface area contributed by atoms with E-state index in [1.54, 1.807) is 6.20 Å². The summed E-state index contributed by atoms with van der Waals surface area (Å²) < 4.78 is 1.95. The molecule has 4 aromatic rings. The minimum atomic E-state index is -0.0767. The molecule has 32 heavy (non-hydrogen) atoms. The van der Waals surface area contributed by atoms with Crippen molar-refractivity contribution in [3.8, 4) is 11.5 Å². The van der Waals surface area contributed by atoms with Crippen molar-refractivity contribution in [2.45, 2.75) is 44.6 Å². The Balaban J connectivity index is 1.42. The number of nitrogens with one attached hydrogen (secondary N) is 1. The van der Waals surface area contributed by atoms with Crippen molar-refractivity contribution < 1.29 is 4.79 Å². The first kappa shape index (κ1) is 20.4. The third-order valence-corrected chi connectivity index (χ3v) is 6.24. The van der Waals surface area contributed by atoms with Gasteiger partial charge in [-0.25, -0.2) is 9.97 Å². The van der Waals surface area contributed by atoms with E-state index in [1.807, 2.05) is 54.3 Å². The third kappa shape index (κ3) is 4.26. The molecule has 5 rings (SSSR count). The van der Waals surface area contributed by atoms with Gasteiger partial charge < -0.3 is 9.88 Å². The number of aromatic nitrogens is 4. The van der Waals surface area contributed by atoms with E-state index in [-0.39, 0.29) is 11.9 Å². The average Bonchev–Trinajstić information content (AvgIpc) is 3.26. The molecule has 0 aliphatic heterocycles. The highest BCUT2D eigenvalue weighted by Crippen LogP contribution is 2.23. The summed E-state index contributed by atoms with van der Waals surface area (Å²) in [6, 6.07) is 14.3. The maximum Gasteiger partial charge on any atom is 0.270 e. The van der Waals surface area contributed by atoms with Gasteiger partial charge in [0.05, 0.1) is 5.52 Å². The molecule has 3 heterocycles. The number of aryl methyl sites for hydroxylation is 1. The molecule has 1 fully saturated rings. The lowest BCUT2D eigenvalue weighted by Gasteiger charge is -2.22. The SMILES string of the molecule is Cn1ccnc1-c1ccc(Cc2cc(C(=O)NC3CCCCC3)nc3ccccc23)cn1. The fraction of sp³-hybridized carbons (Fsp3) is 0.308. The first-order valence-electron chi connectivity index (χ1n) is 11.3. The standard InChI is InChI=1S/C26H27N5O/c1-31-14-13-27-25(31)23-12-11-18(17-28-23)15-19-16-24(30-22-10-6-5-9-21(19)22)26(32)29-20-7-3-2-4-8-20/h5-6,9-14,16-17,20H,2-4,7-8,15H2,1H3,(H,29,32). The lowest BCUT2D eigenvalue weighted by Crippen LogP contribution is -2.36. The number of benzene rings is 1. The second-order valence-electron chi connectivity index (χ2n) is 8.58. The number of hydrogen-bond donors (Lipinski definition) is 1. The predicted octanol–water partition coefficient (Wildman–Crippen LogP) is 4.68. The van der Waals surface area contributed by atoms with Gasteiger partial charge in [0.15, 0.2) is 5.82 Å². The van der Waals surface area contributed by atoms with Crippen LogP contribution in [0.5, 0.6) is 0 Å². The molecular formula is C26H27N5O. The molecular weight excluding hydrogens is 398 g/mol. The maximum absolute atomic E-state index is 13.0. The van der Waals surface area contributed by atoms with Gasteiger partial charge in [0.25, 0.3) is 5.91 Å². The van der Waals surface area contributed by atoms with Crippen molar-refractivity contribution in [1.29, 1.82) is 0 Å². The van der Waals surface area contributed by atoms with Crippen LogP contribution in [0.3, 0.4) is 0 Å². The number of imidazole rings is 1. The van der Waals surface area contributed by atoms with Crippen LogP contribution in [0, 0.1) is 0 Å². The second kappa shape index (κ2) is 8.91. The van der Waals surface area contributed by atoms with E-state index in [1.165, 1.54) is 19.3 Å². The highest BCUT2D eigenvalue weighted by atomic mass is 16.1. The summed E-state index contributed by atoms with van der Waals surface area (Å²) in [4.78, 5) is 26.6. The minimum absolute atomic E-state index is 0.0767. The van der Waals surface area contributed by atoms with Crippen LogP contribution in [-0.2, 0) is 13.5 Å². The number of amides is 1. The molecule has 1 N–H and O–H groups in total. The minimum Gasteiger partial charge on any atom is -0.348 e. The van der Waals surface area contributed by atoms with E-state index in [0.29, 0.717) is 12.1 Å². The highest BCUT2D eigenvalue weighted by molar-refractivity contribution is 5.96. The van der Waals surface area contributed by atoms with E-state index >= 15 is 0 Å². The Labute approximate surface area is 187 Å². The molecule has 0 unspecified atom stereocenters. The molecule has 0 saturated heterocycles. The molecule has 1 aliphatic carbocycles. The van der Waals surface area contributed by atoms with Crippen LogP contribution < -0.4 is 5.32 Å². The number of hydrogen-bond acceptors (Lipinski definition) is 4. The molecule has 0 spiro atoms. The topological polar surface area (TPSA) is 72.7 Å². The monoisotopic (exact) mass is 425 g/mol. The van der Waals surface area contributed by atoms with Crippen molar-refractivity contribution >= 4 is 16.8 Å². The predicted molar refractivity (Wildman–Crippen MR) is 125 cm³/mol. The Morgan fingerprint density at radius 2 is 1.94 bits per heavy atom. The van der Waals surface area contributed by atoms with E-state index in [9.17, 15) is 4.79 Å². The van der Waals surface area contributed by atoms with Crippen LogP contribution in [-0.4, -0.2) is 31.5 Å². The van der Waals surface area contributed by atoms with Gasteiger partial charge in [-0.05, 0) is 48.6 Å². The Morgan fingerprint density at radius 1 is 1.09 bits per heavy atom. The lowest BCUT2D eigenvalue weighted by atomic mass is 9.95. The Hall–Kier alpha value is -3.54. The van der Waals surface area contributed by atoms with E-state index in [4.69, 9.17) is 0 Å². The lowest BCUT2D eigenvalue weighted by molar-refractivity contribution is 0.0923. The molecule has 1 amide bonds. The van der Waals surface area contributed by atoms with Gasteiger partial charge in [-0.3, -0.25) is 9.78 Å². The third-order valence-electron chi connectivity index (χ3n) is 6.24. The Kier molecular flexibility index (Phi) is 5.67. The summed E-state index contributed by atoms with van der Waals surface area (Å²) in [5, 5.41) is 4.26. The zero-order valence-electron chi connectivity index (χ0n) is 18.3. The number of pyridine rings is 2. The number of fused-ring (bicyclic) bond motifs is 1. The number of carbonyl (C=O) groups is 1. The van der Waals surface area contributed by atoms with Crippen LogP contribution in [0.4, 0.5) is 0 Å². The van der Waals surface area contributed by atoms with Gasteiger partial charge in [-0.2, -0.15) is 0 Å².